The number of hydrogen-bond donors (Lipinski definition) is 0. The van der Waals surface area contributed by atoms with Crippen LogP contribution in [0.5, 0.6) is 0 Å². The Labute approximate surface area is 267 Å². The van der Waals surface area contributed by atoms with Crippen molar-refractivity contribution >= 4 is 84.8 Å². The van der Waals surface area contributed by atoms with Gasteiger partial charge in [0.25, 0.3) is 0 Å². The zero-order valence-electron chi connectivity index (χ0n) is 24.2. The third kappa shape index (κ3) is 3.72. The van der Waals surface area contributed by atoms with Crippen molar-refractivity contribution in [3.05, 3.63) is 152 Å². The first-order chi connectivity index (χ1) is 22.3. The molecule has 0 unspecified atom stereocenters. The molecule has 1 nitrogen and oxygen atoms in total. The fourth-order valence-corrected chi connectivity index (χ4v) is 9.61. The van der Waals surface area contributed by atoms with Gasteiger partial charge in [0, 0.05) is 51.1 Å². The molecular formula is C42H25NS2. The van der Waals surface area contributed by atoms with Crippen LogP contribution in [-0.4, -0.2) is 4.57 Å². The van der Waals surface area contributed by atoms with Crippen LogP contribution in [0.2, 0.25) is 0 Å². The second kappa shape index (κ2) is 9.64. The van der Waals surface area contributed by atoms with Gasteiger partial charge >= 0.3 is 0 Å². The van der Waals surface area contributed by atoms with Gasteiger partial charge in [0.1, 0.15) is 0 Å². The van der Waals surface area contributed by atoms with Crippen molar-refractivity contribution in [2.24, 2.45) is 0 Å². The fourth-order valence-electron chi connectivity index (χ4n) is 7.16. The predicted octanol–water partition coefficient (Wildman–Crippen LogP) is 12.9. The lowest BCUT2D eigenvalue weighted by Gasteiger charge is -2.11. The largest absolute Gasteiger partial charge is 0.309 e. The summed E-state index contributed by atoms with van der Waals surface area (Å²) < 4.78 is 7.90. The molecule has 0 saturated heterocycles. The summed E-state index contributed by atoms with van der Waals surface area (Å²) in [4.78, 5) is 0. The van der Waals surface area contributed by atoms with Gasteiger partial charge in [-0.3, -0.25) is 0 Å². The van der Waals surface area contributed by atoms with E-state index in [1.54, 1.807) is 0 Å². The highest BCUT2D eigenvalue weighted by Crippen LogP contribution is 2.47. The average molecular weight is 608 g/mol. The summed E-state index contributed by atoms with van der Waals surface area (Å²) in [6, 6.07) is 55.7. The van der Waals surface area contributed by atoms with Crippen LogP contribution < -0.4 is 0 Å². The molecule has 0 aliphatic rings. The Balaban J connectivity index is 1.33. The summed E-state index contributed by atoms with van der Waals surface area (Å²) in [5, 5.41) is 7.95. The highest BCUT2D eigenvalue weighted by molar-refractivity contribution is 7.29. The Kier molecular flexibility index (Phi) is 5.39. The monoisotopic (exact) mass is 607 g/mol. The van der Waals surface area contributed by atoms with Gasteiger partial charge in [0.2, 0.25) is 0 Å². The van der Waals surface area contributed by atoms with Crippen LogP contribution in [0, 0.1) is 0 Å². The van der Waals surface area contributed by atoms with Gasteiger partial charge < -0.3 is 4.57 Å². The molecule has 0 radical (unpaired) electrons. The van der Waals surface area contributed by atoms with E-state index in [1.807, 2.05) is 22.7 Å². The van der Waals surface area contributed by atoms with Crippen molar-refractivity contribution < 1.29 is 0 Å². The molecule has 10 rings (SSSR count). The second-order valence-corrected chi connectivity index (χ2v) is 13.8. The molecule has 0 fully saturated rings. The van der Waals surface area contributed by atoms with E-state index in [0.717, 1.165) is 0 Å². The van der Waals surface area contributed by atoms with Gasteiger partial charge in [-0.15, -0.1) is 22.7 Å². The molecule has 3 aromatic heterocycles. The van der Waals surface area contributed by atoms with Crippen LogP contribution >= 0.6 is 22.7 Å². The number of benzene rings is 7. The minimum atomic E-state index is 1.23. The number of rotatable bonds is 3. The topological polar surface area (TPSA) is 4.93 Å². The van der Waals surface area contributed by atoms with E-state index in [2.05, 4.69) is 156 Å². The van der Waals surface area contributed by atoms with Gasteiger partial charge in [-0.05, 0) is 70.8 Å². The molecule has 0 amide bonds. The van der Waals surface area contributed by atoms with E-state index in [-0.39, 0.29) is 0 Å². The molecule has 0 atom stereocenters. The first-order valence-corrected chi connectivity index (χ1v) is 16.9. The Hall–Kier alpha value is -5.22. The molecule has 7 aromatic carbocycles. The lowest BCUT2D eigenvalue weighted by molar-refractivity contribution is 1.20. The van der Waals surface area contributed by atoms with Crippen molar-refractivity contribution in [3.8, 4) is 27.9 Å². The maximum absolute atomic E-state index is 2.51. The first-order valence-electron chi connectivity index (χ1n) is 15.3. The third-order valence-electron chi connectivity index (χ3n) is 9.20. The minimum Gasteiger partial charge on any atom is -0.309 e. The lowest BCUT2D eigenvalue weighted by Crippen LogP contribution is -1.94. The highest BCUT2D eigenvalue weighted by atomic mass is 32.1. The maximum Gasteiger partial charge on any atom is 0.0555 e. The van der Waals surface area contributed by atoms with Crippen molar-refractivity contribution in [1.29, 1.82) is 0 Å². The quantitative estimate of drug-likeness (QED) is 0.188. The van der Waals surface area contributed by atoms with E-state index in [4.69, 9.17) is 0 Å². The first kappa shape index (κ1) is 25.1. The summed E-state index contributed by atoms with van der Waals surface area (Å²) in [7, 11) is 0. The van der Waals surface area contributed by atoms with Crippen molar-refractivity contribution in [2.75, 3.05) is 0 Å². The van der Waals surface area contributed by atoms with Crippen molar-refractivity contribution in [1.82, 2.24) is 4.57 Å². The van der Waals surface area contributed by atoms with Crippen LogP contribution in [0.1, 0.15) is 0 Å². The van der Waals surface area contributed by atoms with Crippen LogP contribution in [0.25, 0.3) is 90.1 Å². The predicted molar refractivity (Wildman–Crippen MR) is 197 cm³/mol. The molecule has 0 N–H and O–H groups in total. The third-order valence-corrected chi connectivity index (χ3v) is 11.5. The highest BCUT2D eigenvalue weighted by Gasteiger charge is 2.20. The number of thiophene rings is 2. The summed E-state index contributed by atoms with van der Waals surface area (Å²) in [6.07, 6.45) is 0. The second-order valence-electron chi connectivity index (χ2n) is 11.7. The number of hydrogen-bond acceptors (Lipinski definition) is 2. The smallest absolute Gasteiger partial charge is 0.0555 e. The summed E-state index contributed by atoms with van der Waals surface area (Å²) in [6.45, 7) is 0. The van der Waals surface area contributed by atoms with E-state index in [1.165, 1.54) is 90.1 Å². The van der Waals surface area contributed by atoms with Gasteiger partial charge in [-0.25, -0.2) is 0 Å². The standard InChI is InChI=1S/C42H25NS2/c1-3-10-26(11-4-1)28-18-21-34-32(24-28)33-25-29(27-12-5-2-6-13-27)19-22-35(33)43(34)36-15-9-17-38-40(36)41-39(44-38)23-20-31-30-14-7-8-16-37(30)45-42(31)41/h1-25H. The average Bonchev–Trinajstić information content (AvgIpc) is 3.78. The number of nitrogens with zero attached hydrogens (tertiary/aromatic N) is 1. The molecule has 0 spiro atoms. The van der Waals surface area contributed by atoms with E-state index in [9.17, 15) is 0 Å². The Bertz CT molecular complexity index is 2650. The molecule has 45 heavy (non-hydrogen) atoms. The van der Waals surface area contributed by atoms with E-state index >= 15 is 0 Å². The molecule has 3 heteroatoms. The van der Waals surface area contributed by atoms with Gasteiger partial charge in [-0.1, -0.05) is 103 Å². The molecule has 0 aliphatic carbocycles. The zero-order valence-corrected chi connectivity index (χ0v) is 25.8. The summed E-state index contributed by atoms with van der Waals surface area (Å²) in [5.41, 5.74) is 8.63. The van der Waals surface area contributed by atoms with Gasteiger partial charge in [-0.2, -0.15) is 0 Å². The van der Waals surface area contributed by atoms with E-state index in [0.29, 0.717) is 0 Å². The van der Waals surface area contributed by atoms with Crippen molar-refractivity contribution in [2.45, 2.75) is 0 Å². The van der Waals surface area contributed by atoms with Crippen LogP contribution in [-0.2, 0) is 0 Å². The molecule has 3 heterocycles. The summed E-state index contributed by atoms with van der Waals surface area (Å²) in [5.74, 6) is 0. The Morgan fingerprint density at radius 2 is 0.956 bits per heavy atom. The SMILES string of the molecule is c1ccc(-c2ccc3c(c2)c2cc(-c4ccccc4)ccc2n3-c2cccc3sc4ccc5c6ccccc6sc5c4c23)cc1. The Morgan fingerprint density at radius 3 is 1.64 bits per heavy atom. The zero-order chi connectivity index (χ0) is 29.5. The molecule has 0 saturated carbocycles. The molecule has 210 valence electrons. The molecular weight excluding hydrogens is 583 g/mol. The molecule has 0 bridgehead atoms. The summed E-state index contributed by atoms with van der Waals surface area (Å²) >= 11 is 3.82. The van der Waals surface area contributed by atoms with Crippen molar-refractivity contribution in [3.63, 3.8) is 0 Å². The van der Waals surface area contributed by atoms with Gasteiger partial charge in [0.15, 0.2) is 0 Å². The van der Waals surface area contributed by atoms with Crippen LogP contribution in [0.15, 0.2) is 152 Å². The van der Waals surface area contributed by atoms with Crippen LogP contribution in [0.3, 0.4) is 0 Å². The van der Waals surface area contributed by atoms with Crippen LogP contribution in [0.4, 0.5) is 0 Å². The number of fused-ring (bicyclic) bond motifs is 10. The van der Waals surface area contributed by atoms with Gasteiger partial charge in [0.05, 0.1) is 16.7 Å². The molecule has 0 aliphatic heterocycles. The fraction of sp³-hybridized carbons (Fsp3) is 0. The Morgan fingerprint density at radius 1 is 0.356 bits per heavy atom. The number of aromatic nitrogens is 1. The normalized spacial score (nSPS) is 12.0. The lowest BCUT2D eigenvalue weighted by atomic mass is 10.0. The maximum atomic E-state index is 2.51. The molecule has 10 aromatic rings. The van der Waals surface area contributed by atoms with E-state index < -0.39 is 0 Å². The minimum absolute atomic E-state index is 1.23.